The van der Waals surface area contributed by atoms with Crippen LogP contribution in [0, 0.1) is 0 Å². The third kappa shape index (κ3) is 4.25. The van der Waals surface area contributed by atoms with Crippen molar-refractivity contribution in [3.8, 4) is 0 Å². The predicted octanol–water partition coefficient (Wildman–Crippen LogP) is 1.41. The van der Waals surface area contributed by atoms with Gasteiger partial charge in [0.05, 0.1) is 15.5 Å². The van der Waals surface area contributed by atoms with Crippen molar-refractivity contribution in [3.63, 3.8) is 0 Å². The van der Waals surface area contributed by atoms with Gasteiger partial charge in [0.25, 0.3) is 5.91 Å². The van der Waals surface area contributed by atoms with Gasteiger partial charge in [-0.2, -0.15) is 0 Å². The second-order valence-electron chi connectivity index (χ2n) is 5.76. The Hall–Kier alpha value is -1.64. The first-order chi connectivity index (χ1) is 11.1. The van der Waals surface area contributed by atoms with Crippen LogP contribution in [0.1, 0.15) is 30.1 Å². The molecule has 1 N–H and O–H groups in total. The van der Waals surface area contributed by atoms with Crippen molar-refractivity contribution < 1.29 is 22.7 Å². The summed E-state index contributed by atoms with van der Waals surface area (Å²) in [5, 5.41) is 2.77. The summed E-state index contributed by atoms with van der Waals surface area (Å²) in [7, 11) is -0.952. The van der Waals surface area contributed by atoms with E-state index < -0.39 is 22.1 Å². The Morgan fingerprint density at radius 1 is 1.33 bits per heavy atom. The highest BCUT2D eigenvalue weighted by Crippen LogP contribution is 2.23. The molecule has 0 spiro atoms. The molecule has 1 atom stereocenters. The van der Waals surface area contributed by atoms with Crippen LogP contribution in [0.4, 0.5) is 0 Å². The maximum absolute atomic E-state index is 12.2. The number of esters is 1. The number of nitrogens with zero attached hydrogens (tertiary/aromatic N) is 1. The van der Waals surface area contributed by atoms with E-state index >= 15 is 0 Å². The van der Waals surface area contributed by atoms with Crippen LogP contribution in [-0.2, 0) is 19.6 Å². The number of sulfonamides is 1. The van der Waals surface area contributed by atoms with E-state index in [1.165, 1.54) is 33.2 Å². The quantitative estimate of drug-likeness (QED) is 0.760. The second kappa shape index (κ2) is 7.08. The molecule has 1 fully saturated rings. The van der Waals surface area contributed by atoms with Crippen molar-refractivity contribution >= 4 is 33.5 Å². The number of hydrogen-bond acceptors (Lipinski definition) is 5. The summed E-state index contributed by atoms with van der Waals surface area (Å²) < 4.78 is 30.4. The Kier molecular flexibility index (Phi) is 5.52. The summed E-state index contributed by atoms with van der Waals surface area (Å²) in [5.74, 6) is -1.24. The number of amides is 1. The molecule has 0 saturated heterocycles. The first-order valence-corrected chi connectivity index (χ1v) is 9.18. The van der Waals surface area contributed by atoms with Gasteiger partial charge in [-0.05, 0) is 38.0 Å². The highest BCUT2D eigenvalue weighted by atomic mass is 35.5. The molecule has 9 heteroatoms. The van der Waals surface area contributed by atoms with Gasteiger partial charge in [0.2, 0.25) is 10.0 Å². The molecule has 0 heterocycles. The van der Waals surface area contributed by atoms with Crippen LogP contribution in [-0.4, -0.2) is 50.8 Å². The van der Waals surface area contributed by atoms with E-state index in [1.807, 2.05) is 0 Å². The minimum atomic E-state index is -3.71. The van der Waals surface area contributed by atoms with Crippen LogP contribution in [0.2, 0.25) is 5.02 Å². The Balaban J connectivity index is 2.17. The topological polar surface area (TPSA) is 92.8 Å². The van der Waals surface area contributed by atoms with E-state index in [0.717, 1.165) is 23.2 Å². The van der Waals surface area contributed by atoms with Gasteiger partial charge in [-0.1, -0.05) is 11.6 Å². The Morgan fingerprint density at radius 3 is 2.50 bits per heavy atom. The van der Waals surface area contributed by atoms with Crippen LogP contribution in [0.5, 0.6) is 0 Å². The van der Waals surface area contributed by atoms with E-state index in [9.17, 15) is 18.0 Å². The smallest absolute Gasteiger partial charge is 0.340 e. The van der Waals surface area contributed by atoms with Gasteiger partial charge in [-0.3, -0.25) is 4.79 Å². The predicted molar refractivity (Wildman–Crippen MR) is 88.4 cm³/mol. The second-order valence-corrected chi connectivity index (χ2v) is 8.32. The van der Waals surface area contributed by atoms with E-state index in [4.69, 9.17) is 16.3 Å². The van der Waals surface area contributed by atoms with Gasteiger partial charge in [0.1, 0.15) is 0 Å². The van der Waals surface area contributed by atoms with E-state index in [1.54, 1.807) is 0 Å². The van der Waals surface area contributed by atoms with Crippen molar-refractivity contribution in [1.29, 1.82) is 0 Å². The molecule has 1 aliphatic carbocycles. The maximum atomic E-state index is 12.2. The van der Waals surface area contributed by atoms with E-state index in [-0.39, 0.29) is 27.4 Å². The lowest BCUT2D eigenvalue weighted by Crippen LogP contribution is -2.37. The van der Waals surface area contributed by atoms with Gasteiger partial charge in [0, 0.05) is 20.1 Å². The number of halogens is 1. The largest absolute Gasteiger partial charge is 0.449 e. The summed E-state index contributed by atoms with van der Waals surface area (Å²) in [5.41, 5.74) is -0.106. The van der Waals surface area contributed by atoms with Gasteiger partial charge >= 0.3 is 5.97 Å². The van der Waals surface area contributed by atoms with Gasteiger partial charge in [-0.15, -0.1) is 0 Å². The number of carbonyl (C=O) groups is 2. The van der Waals surface area contributed by atoms with Gasteiger partial charge in [-0.25, -0.2) is 17.5 Å². The molecule has 1 amide bonds. The molecule has 0 bridgehead atoms. The molecule has 1 aromatic rings. The zero-order valence-electron chi connectivity index (χ0n) is 13.6. The Labute approximate surface area is 146 Å². The van der Waals surface area contributed by atoms with Crippen molar-refractivity contribution in [2.45, 2.75) is 36.8 Å². The minimum absolute atomic E-state index is 0.0486. The highest BCUT2D eigenvalue weighted by Gasteiger charge is 2.28. The van der Waals surface area contributed by atoms with Crippen molar-refractivity contribution in [3.05, 3.63) is 28.8 Å². The lowest BCUT2D eigenvalue weighted by molar-refractivity contribution is -0.129. The summed E-state index contributed by atoms with van der Waals surface area (Å²) in [4.78, 5) is 24.0. The standard InChI is InChI=1S/C15H19ClN2O5S/c1-9(14(19)17-10-4-5-10)23-15(20)12-8-11(6-7-13(12)16)24(21,22)18(2)3/h6-10H,4-5H2,1-3H3,(H,17,19)/t9-/m0/s1. The summed E-state index contributed by atoms with van der Waals surface area (Å²) in [6, 6.07) is 3.91. The van der Waals surface area contributed by atoms with Gasteiger partial charge in [0.15, 0.2) is 6.10 Å². The SMILES string of the molecule is C[C@H](OC(=O)c1cc(S(=O)(=O)N(C)C)ccc1Cl)C(=O)NC1CC1. The molecule has 0 unspecified atom stereocenters. The molecule has 0 aliphatic heterocycles. The lowest BCUT2D eigenvalue weighted by atomic mass is 10.2. The molecule has 24 heavy (non-hydrogen) atoms. The molecule has 1 saturated carbocycles. The first kappa shape index (κ1) is 18.7. The first-order valence-electron chi connectivity index (χ1n) is 7.36. The van der Waals surface area contributed by atoms with Gasteiger partial charge < -0.3 is 10.1 Å². The number of rotatable bonds is 6. The number of benzene rings is 1. The average molecular weight is 375 g/mol. The van der Waals surface area contributed by atoms with Crippen LogP contribution in [0.3, 0.4) is 0 Å². The number of carbonyl (C=O) groups excluding carboxylic acids is 2. The zero-order chi connectivity index (χ0) is 18.1. The Bertz CT molecular complexity index is 759. The van der Waals surface area contributed by atoms with Crippen molar-refractivity contribution in [2.75, 3.05) is 14.1 Å². The minimum Gasteiger partial charge on any atom is -0.449 e. The molecular weight excluding hydrogens is 356 g/mol. The fourth-order valence-electron chi connectivity index (χ4n) is 1.86. The molecule has 7 nitrogen and oxygen atoms in total. The third-order valence-corrected chi connectivity index (χ3v) is 5.65. The number of nitrogens with one attached hydrogen (secondary N) is 1. The highest BCUT2D eigenvalue weighted by molar-refractivity contribution is 7.89. The monoisotopic (exact) mass is 374 g/mol. The fourth-order valence-corrected chi connectivity index (χ4v) is 2.98. The third-order valence-electron chi connectivity index (χ3n) is 3.51. The lowest BCUT2D eigenvalue weighted by Gasteiger charge is -2.15. The summed E-state index contributed by atoms with van der Waals surface area (Å²) in [6.07, 6.45) is 0.842. The average Bonchev–Trinajstić information content (AvgIpc) is 3.30. The zero-order valence-corrected chi connectivity index (χ0v) is 15.1. The van der Waals surface area contributed by atoms with Crippen LogP contribution in [0.15, 0.2) is 23.1 Å². The van der Waals surface area contributed by atoms with Crippen LogP contribution < -0.4 is 5.32 Å². The number of ether oxygens (including phenoxy) is 1. The molecule has 2 rings (SSSR count). The van der Waals surface area contributed by atoms with Crippen LogP contribution in [0.25, 0.3) is 0 Å². The Morgan fingerprint density at radius 2 is 1.96 bits per heavy atom. The van der Waals surface area contributed by atoms with Crippen molar-refractivity contribution in [2.24, 2.45) is 0 Å². The molecule has 1 aliphatic rings. The molecule has 1 aromatic carbocycles. The molecular formula is C15H19ClN2O5S. The number of hydrogen-bond donors (Lipinski definition) is 1. The summed E-state index contributed by atoms with van der Waals surface area (Å²) in [6.45, 7) is 1.45. The molecule has 0 aromatic heterocycles. The normalized spacial score (nSPS) is 15.9. The molecule has 0 radical (unpaired) electrons. The molecule has 132 valence electrons. The van der Waals surface area contributed by atoms with Crippen molar-refractivity contribution in [1.82, 2.24) is 9.62 Å². The fraction of sp³-hybridized carbons (Fsp3) is 0.467. The summed E-state index contributed by atoms with van der Waals surface area (Å²) >= 11 is 5.97. The van der Waals surface area contributed by atoms with E-state index in [0.29, 0.717) is 0 Å². The van der Waals surface area contributed by atoms with Crippen LogP contribution >= 0.6 is 11.6 Å². The maximum Gasteiger partial charge on any atom is 0.340 e. The van der Waals surface area contributed by atoms with E-state index in [2.05, 4.69) is 5.32 Å².